The molecule has 0 saturated heterocycles. The van der Waals surface area contributed by atoms with E-state index in [-0.39, 0.29) is 5.28 Å². The summed E-state index contributed by atoms with van der Waals surface area (Å²) in [6, 6.07) is 1.96. The van der Waals surface area contributed by atoms with Crippen LogP contribution in [-0.4, -0.2) is 30.2 Å². The van der Waals surface area contributed by atoms with Crippen LogP contribution in [0.2, 0.25) is 5.28 Å². The lowest BCUT2D eigenvalue weighted by molar-refractivity contribution is 0.210. The zero-order valence-corrected chi connectivity index (χ0v) is 8.38. The number of hydrogen-bond donors (Lipinski definition) is 1. The maximum Gasteiger partial charge on any atom is 0.224 e. The van der Waals surface area contributed by atoms with E-state index >= 15 is 0 Å². The number of hydrogen-bond acceptors (Lipinski definition) is 5. The minimum absolute atomic E-state index is 0.115. The first-order valence-electron chi connectivity index (χ1n) is 3.93. The number of anilines is 1. The van der Waals surface area contributed by atoms with Crippen molar-refractivity contribution in [3.63, 3.8) is 0 Å². The van der Waals surface area contributed by atoms with Gasteiger partial charge in [-0.05, 0) is 11.6 Å². The van der Waals surface area contributed by atoms with E-state index in [0.717, 1.165) is 0 Å². The van der Waals surface area contributed by atoms with E-state index in [1.54, 1.807) is 7.11 Å². The summed E-state index contributed by atoms with van der Waals surface area (Å²) < 4.78 is 4.85. The highest BCUT2D eigenvalue weighted by Gasteiger charge is 2.04. The van der Waals surface area contributed by atoms with Crippen molar-refractivity contribution in [3.05, 3.63) is 17.0 Å². The molecule has 0 spiro atoms. The Bertz CT molecular complexity index is 350. The molecule has 0 aliphatic heterocycles. The average molecular weight is 213 g/mol. The summed E-state index contributed by atoms with van der Waals surface area (Å²) in [6.45, 7) is 1.10. The molecule has 1 N–H and O–H groups in total. The van der Waals surface area contributed by atoms with Crippen molar-refractivity contribution >= 4 is 17.4 Å². The van der Waals surface area contributed by atoms with Gasteiger partial charge in [0.05, 0.1) is 12.8 Å². The number of methoxy groups -OCH3 is 1. The van der Waals surface area contributed by atoms with Crippen LogP contribution in [-0.2, 0) is 4.74 Å². The van der Waals surface area contributed by atoms with Gasteiger partial charge in [-0.1, -0.05) is 0 Å². The van der Waals surface area contributed by atoms with Crippen LogP contribution >= 0.6 is 11.6 Å². The fourth-order valence-electron chi connectivity index (χ4n) is 0.848. The average Bonchev–Trinajstić information content (AvgIpc) is 2.19. The third kappa shape index (κ3) is 2.83. The number of rotatable bonds is 4. The predicted molar refractivity (Wildman–Crippen MR) is 52.1 cm³/mol. The Balaban J connectivity index is 2.73. The molecule has 0 bridgehead atoms. The van der Waals surface area contributed by atoms with E-state index in [0.29, 0.717) is 24.5 Å². The SMILES string of the molecule is COCCNc1nc(Cl)ncc1C#N. The lowest BCUT2D eigenvalue weighted by Crippen LogP contribution is -2.10. The van der Waals surface area contributed by atoms with Crippen molar-refractivity contribution in [1.29, 1.82) is 5.26 Å². The Hall–Kier alpha value is -1.38. The van der Waals surface area contributed by atoms with Crippen LogP contribution in [0.25, 0.3) is 0 Å². The van der Waals surface area contributed by atoms with Gasteiger partial charge in [0, 0.05) is 13.7 Å². The number of halogens is 1. The third-order valence-corrected chi connectivity index (χ3v) is 1.66. The Morgan fingerprint density at radius 1 is 1.71 bits per heavy atom. The molecule has 0 aromatic carbocycles. The Morgan fingerprint density at radius 3 is 3.14 bits per heavy atom. The predicted octanol–water partition coefficient (Wildman–Crippen LogP) is 1.06. The highest BCUT2D eigenvalue weighted by atomic mass is 35.5. The van der Waals surface area contributed by atoms with Gasteiger partial charge in [0.1, 0.15) is 17.5 Å². The molecule has 5 nitrogen and oxygen atoms in total. The maximum absolute atomic E-state index is 8.72. The molecule has 0 aliphatic carbocycles. The zero-order chi connectivity index (χ0) is 10.4. The van der Waals surface area contributed by atoms with Crippen LogP contribution in [0.5, 0.6) is 0 Å². The normalized spacial score (nSPS) is 9.50. The highest BCUT2D eigenvalue weighted by Crippen LogP contribution is 2.12. The van der Waals surface area contributed by atoms with Crippen molar-refractivity contribution in [2.75, 3.05) is 25.6 Å². The molecule has 1 aromatic heterocycles. The summed E-state index contributed by atoms with van der Waals surface area (Å²) in [6.07, 6.45) is 1.38. The minimum Gasteiger partial charge on any atom is -0.383 e. The number of nitrogens with one attached hydrogen (secondary N) is 1. The van der Waals surface area contributed by atoms with E-state index in [9.17, 15) is 0 Å². The highest BCUT2D eigenvalue weighted by molar-refractivity contribution is 6.28. The quantitative estimate of drug-likeness (QED) is 0.597. The van der Waals surface area contributed by atoms with Crippen LogP contribution < -0.4 is 5.32 Å². The molecule has 74 valence electrons. The molecular weight excluding hydrogens is 204 g/mol. The van der Waals surface area contributed by atoms with Gasteiger partial charge in [-0.15, -0.1) is 0 Å². The number of aromatic nitrogens is 2. The van der Waals surface area contributed by atoms with Gasteiger partial charge >= 0.3 is 0 Å². The molecule has 0 amide bonds. The monoisotopic (exact) mass is 212 g/mol. The fourth-order valence-corrected chi connectivity index (χ4v) is 0.982. The summed E-state index contributed by atoms with van der Waals surface area (Å²) >= 11 is 5.58. The first-order valence-corrected chi connectivity index (χ1v) is 4.31. The minimum atomic E-state index is 0.115. The summed E-state index contributed by atoms with van der Waals surface area (Å²) in [5, 5.41) is 11.8. The molecule has 6 heteroatoms. The Labute approximate surface area is 86.7 Å². The van der Waals surface area contributed by atoms with Crippen molar-refractivity contribution in [2.24, 2.45) is 0 Å². The van der Waals surface area contributed by atoms with E-state index in [1.165, 1.54) is 6.20 Å². The van der Waals surface area contributed by atoms with Crippen molar-refractivity contribution in [1.82, 2.24) is 9.97 Å². The second kappa shape index (κ2) is 5.37. The van der Waals surface area contributed by atoms with Crippen LogP contribution in [0.4, 0.5) is 5.82 Å². The van der Waals surface area contributed by atoms with Crippen LogP contribution in [0, 0.1) is 11.3 Å². The lowest BCUT2D eigenvalue weighted by atomic mass is 10.3. The van der Waals surface area contributed by atoms with Gasteiger partial charge in [-0.25, -0.2) is 4.98 Å². The summed E-state index contributed by atoms with van der Waals surface area (Å²) in [4.78, 5) is 7.58. The number of nitriles is 1. The molecule has 0 unspecified atom stereocenters. The first-order chi connectivity index (χ1) is 6.77. The second-order valence-corrected chi connectivity index (χ2v) is 2.77. The van der Waals surface area contributed by atoms with Gasteiger partial charge in [-0.2, -0.15) is 10.2 Å². The molecule has 1 rings (SSSR count). The molecule has 0 saturated carbocycles. The summed E-state index contributed by atoms with van der Waals surface area (Å²) in [5.41, 5.74) is 0.366. The van der Waals surface area contributed by atoms with Gasteiger partial charge < -0.3 is 10.1 Å². The molecule has 0 radical (unpaired) electrons. The molecule has 0 aliphatic rings. The lowest BCUT2D eigenvalue weighted by Gasteiger charge is -2.05. The van der Waals surface area contributed by atoms with Gasteiger partial charge in [0.2, 0.25) is 5.28 Å². The molecule has 1 aromatic rings. The van der Waals surface area contributed by atoms with Crippen LogP contribution in [0.1, 0.15) is 5.56 Å². The zero-order valence-electron chi connectivity index (χ0n) is 7.62. The molecule has 0 atom stereocenters. The van der Waals surface area contributed by atoms with Crippen LogP contribution in [0.15, 0.2) is 6.20 Å². The van der Waals surface area contributed by atoms with Crippen molar-refractivity contribution in [3.8, 4) is 6.07 Å². The molecule has 0 fully saturated rings. The summed E-state index contributed by atoms with van der Waals surface area (Å²) in [7, 11) is 1.60. The van der Waals surface area contributed by atoms with Gasteiger partial charge in [-0.3, -0.25) is 0 Å². The van der Waals surface area contributed by atoms with E-state index in [1.807, 2.05) is 6.07 Å². The number of nitrogens with zero attached hydrogens (tertiary/aromatic N) is 3. The maximum atomic E-state index is 8.72. The van der Waals surface area contributed by atoms with E-state index in [2.05, 4.69) is 15.3 Å². The standard InChI is InChI=1S/C8H9ClN4O/c1-14-3-2-11-7-6(4-10)5-12-8(9)13-7/h5H,2-3H2,1H3,(H,11,12,13). The van der Waals surface area contributed by atoms with Crippen molar-refractivity contribution < 1.29 is 4.74 Å². The molecule has 14 heavy (non-hydrogen) atoms. The topological polar surface area (TPSA) is 70.8 Å². The Kier molecular flexibility index (Phi) is 4.11. The Morgan fingerprint density at radius 2 is 2.50 bits per heavy atom. The van der Waals surface area contributed by atoms with Gasteiger partial charge in [0.25, 0.3) is 0 Å². The van der Waals surface area contributed by atoms with Crippen molar-refractivity contribution in [2.45, 2.75) is 0 Å². The largest absolute Gasteiger partial charge is 0.383 e. The molecular formula is C8H9ClN4O. The second-order valence-electron chi connectivity index (χ2n) is 2.43. The third-order valence-electron chi connectivity index (χ3n) is 1.48. The van der Waals surface area contributed by atoms with Crippen LogP contribution in [0.3, 0.4) is 0 Å². The molecule has 1 heterocycles. The summed E-state index contributed by atoms with van der Waals surface area (Å²) in [5.74, 6) is 0.435. The fraction of sp³-hybridized carbons (Fsp3) is 0.375. The smallest absolute Gasteiger partial charge is 0.224 e. The number of ether oxygens (including phenoxy) is 1. The van der Waals surface area contributed by atoms with E-state index < -0.39 is 0 Å². The first kappa shape index (κ1) is 10.7. The van der Waals surface area contributed by atoms with Gasteiger partial charge in [0.15, 0.2) is 0 Å². The van der Waals surface area contributed by atoms with E-state index in [4.69, 9.17) is 21.6 Å².